The quantitative estimate of drug-likeness (QED) is 0.730. The lowest BCUT2D eigenvalue weighted by molar-refractivity contribution is 0.0923. The van der Waals surface area contributed by atoms with Gasteiger partial charge < -0.3 is 0 Å². The number of Topliss-reactive ketones (excluding diaryl/α,β-unsaturated/α-hetero) is 2. The van der Waals surface area contributed by atoms with E-state index in [9.17, 15) is 9.59 Å². The molecule has 0 saturated carbocycles. The highest BCUT2D eigenvalue weighted by Gasteiger charge is 2.14. The summed E-state index contributed by atoms with van der Waals surface area (Å²) in [5.74, 6) is 0.372. The van der Waals surface area contributed by atoms with Crippen molar-refractivity contribution >= 4 is 22.3 Å². The SMILES string of the molecule is CCC(C)C(=O)c1ccc2cc(C(=O)C(C)C)ccc2c1. The molecular formula is C19H22O2. The summed E-state index contributed by atoms with van der Waals surface area (Å²) in [5.41, 5.74) is 1.48. The normalized spacial score (nSPS) is 12.6. The van der Waals surface area contributed by atoms with E-state index in [0.717, 1.165) is 28.3 Å². The van der Waals surface area contributed by atoms with E-state index in [1.54, 1.807) is 0 Å². The number of carbonyl (C=O) groups excluding carboxylic acids is 2. The third-order valence-electron chi connectivity index (χ3n) is 3.99. The predicted molar refractivity (Wildman–Crippen MR) is 86.9 cm³/mol. The molecule has 0 aliphatic carbocycles. The van der Waals surface area contributed by atoms with Crippen molar-refractivity contribution in [1.29, 1.82) is 0 Å². The molecular weight excluding hydrogens is 260 g/mol. The van der Waals surface area contributed by atoms with Gasteiger partial charge in [-0.3, -0.25) is 9.59 Å². The Kier molecular flexibility index (Phi) is 4.56. The minimum Gasteiger partial charge on any atom is -0.294 e. The van der Waals surface area contributed by atoms with Gasteiger partial charge in [-0.1, -0.05) is 52.0 Å². The van der Waals surface area contributed by atoms with Gasteiger partial charge in [-0.25, -0.2) is 0 Å². The highest BCUT2D eigenvalue weighted by atomic mass is 16.1. The van der Waals surface area contributed by atoms with Gasteiger partial charge in [0.1, 0.15) is 0 Å². The van der Waals surface area contributed by atoms with Gasteiger partial charge in [-0.15, -0.1) is 0 Å². The van der Waals surface area contributed by atoms with Crippen LogP contribution >= 0.6 is 0 Å². The Balaban J connectivity index is 2.40. The zero-order valence-corrected chi connectivity index (χ0v) is 13.1. The van der Waals surface area contributed by atoms with Crippen LogP contribution in [0.1, 0.15) is 54.8 Å². The molecule has 0 N–H and O–H groups in total. The Morgan fingerprint density at radius 3 is 1.76 bits per heavy atom. The Labute approximate surface area is 126 Å². The van der Waals surface area contributed by atoms with Crippen LogP contribution in [0, 0.1) is 11.8 Å². The van der Waals surface area contributed by atoms with Gasteiger partial charge >= 0.3 is 0 Å². The van der Waals surface area contributed by atoms with Crippen LogP contribution in [0.4, 0.5) is 0 Å². The van der Waals surface area contributed by atoms with Crippen molar-refractivity contribution in [2.45, 2.75) is 34.1 Å². The average Bonchev–Trinajstić information content (AvgIpc) is 2.51. The number of hydrogen-bond donors (Lipinski definition) is 0. The first-order valence-corrected chi connectivity index (χ1v) is 7.56. The van der Waals surface area contributed by atoms with E-state index >= 15 is 0 Å². The second-order valence-electron chi connectivity index (χ2n) is 5.97. The Hall–Kier alpha value is -1.96. The van der Waals surface area contributed by atoms with E-state index in [1.807, 2.05) is 64.1 Å². The Morgan fingerprint density at radius 2 is 1.33 bits per heavy atom. The summed E-state index contributed by atoms with van der Waals surface area (Å²) < 4.78 is 0. The number of carbonyl (C=O) groups is 2. The lowest BCUT2D eigenvalue weighted by Crippen LogP contribution is -2.10. The molecule has 110 valence electrons. The molecule has 2 aromatic carbocycles. The Morgan fingerprint density at radius 1 is 0.857 bits per heavy atom. The summed E-state index contributed by atoms with van der Waals surface area (Å²) in [5, 5.41) is 2.01. The van der Waals surface area contributed by atoms with E-state index in [-0.39, 0.29) is 23.4 Å². The molecule has 2 nitrogen and oxygen atoms in total. The molecule has 0 heterocycles. The topological polar surface area (TPSA) is 34.1 Å². The summed E-state index contributed by atoms with van der Waals surface area (Å²) in [6, 6.07) is 11.4. The van der Waals surface area contributed by atoms with Crippen molar-refractivity contribution in [2.75, 3.05) is 0 Å². The standard InChI is InChI=1S/C19H22O2/c1-5-13(4)19(21)17-9-7-14-10-16(18(20)12(2)3)8-6-15(14)11-17/h6-13H,5H2,1-4H3. The largest absolute Gasteiger partial charge is 0.294 e. The van der Waals surface area contributed by atoms with Crippen LogP contribution in [0.5, 0.6) is 0 Å². The lowest BCUT2D eigenvalue weighted by atomic mass is 9.93. The molecule has 0 spiro atoms. The summed E-state index contributed by atoms with van der Waals surface area (Å²) in [4.78, 5) is 24.3. The third-order valence-corrected chi connectivity index (χ3v) is 3.99. The lowest BCUT2D eigenvalue weighted by Gasteiger charge is -2.09. The van der Waals surface area contributed by atoms with Crippen LogP contribution in [-0.2, 0) is 0 Å². The second kappa shape index (κ2) is 6.21. The van der Waals surface area contributed by atoms with E-state index in [4.69, 9.17) is 0 Å². The number of rotatable bonds is 5. The van der Waals surface area contributed by atoms with Crippen LogP contribution in [-0.4, -0.2) is 11.6 Å². The maximum absolute atomic E-state index is 12.2. The molecule has 21 heavy (non-hydrogen) atoms. The second-order valence-corrected chi connectivity index (χ2v) is 5.97. The fourth-order valence-electron chi connectivity index (χ4n) is 2.36. The maximum Gasteiger partial charge on any atom is 0.165 e. The highest BCUT2D eigenvalue weighted by Crippen LogP contribution is 2.22. The van der Waals surface area contributed by atoms with Crippen molar-refractivity contribution in [3.63, 3.8) is 0 Å². The summed E-state index contributed by atoms with van der Waals surface area (Å²) in [6.07, 6.45) is 0.846. The molecule has 2 aromatic rings. The van der Waals surface area contributed by atoms with Crippen LogP contribution in [0.25, 0.3) is 10.8 Å². The van der Waals surface area contributed by atoms with Crippen molar-refractivity contribution in [2.24, 2.45) is 11.8 Å². The number of ketones is 2. The van der Waals surface area contributed by atoms with Gasteiger partial charge in [-0.2, -0.15) is 0 Å². The maximum atomic E-state index is 12.2. The van der Waals surface area contributed by atoms with Crippen molar-refractivity contribution < 1.29 is 9.59 Å². The van der Waals surface area contributed by atoms with Crippen molar-refractivity contribution in [1.82, 2.24) is 0 Å². The zero-order valence-electron chi connectivity index (χ0n) is 13.1. The molecule has 1 atom stereocenters. The first-order valence-electron chi connectivity index (χ1n) is 7.56. The van der Waals surface area contributed by atoms with Crippen LogP contribution in [0.3, 0.4) is 0 Å². The average molecular weight is 282 g/mol. The molecule has 2 rings (SSSR count). The van der Waals surface area contributed by atoms with Crippen LogP contribution < -0.4 is 0 Å². The fraction of sp³-hybridized carbons (Fsp3) is 0.368. The smallest absolute Gasteiger partial charge is 0.165 e. The molecule has 1 unspecified atom stereocenters. The monoisotopic (exact) mass is 282 g/mol. The Bertz CT molecular complexity index is 683. The number of fused-ring (bicyclic) bond motifs is 1. The minimum atomic E-state index is -0.00583. The molecule has 0 fully saturated rings. The van der Waals surface area contributed by atoms with Gasteiger partial charge in [0.25, 0.3) is 0 Å². The molecule has 0 amide bonds. The minimum absolute atomic E-state index is 0.00583. The van der Waals surface area contributed by atoms with Gasteiger partial charge in [0.05, 0.1) is 0 Å². The highest BCUT2D eigenvalue weighted by molar-refractivity contribution is 6.04. The summed E-state index contributed by atoms with van der Waals surface area (Å²) in [7, 11) is 0. The van der Waals surface area contributed by atoms with E-state index in [0.29, 0.717) is 0 Å². The van der Waals surface area contributed by atoms with E-state index in [1.165, 1.54) is 0 Å². The van der Waals surface area contributed by atoms with Gasteiger partial charge in [0.15, 0.2) is 11.6 Å². The first-order chi connectivity index (χ1) is 9.93. The molecule has 0 aliphatic rings. The molecule has 0 bridgehead atoms. The van der Waals surface area contributed by atoms with Gasteiger partial charge in [0.2, 0.25) is 0 Å². The van der Waals surface area contributed by atoms with Gasteiger partial charge in [0, 0.05) is 23.0 Å². The van der Waals surface area contributed by atoms with E-state index in [2.05, 4.69) is 0 Å². The first kappa shape index (κ1) is 15.4. The van der Waals surface area contributed by atoms with Crippen molar-refractivity contribution in [3.05, 3.63) is 47.5 Å². The van der Waals surface area contributed by atoms with Crippen molar-refractivity contribution in [3.8, 4) is 0 Å². The summed E-state index contributed by atoms with van der Waals surface area (Å²) in [6.45, 7) is 7.78. The summed E-state index contributed by atoms with van der Waals surface area (Å²) >= 11 is 0. The van der Waals surface area contributed by atoms with E-state index < -0.39 is 0 Å². The molecule has 0 aromatic heterocycles. The fourth-order valence-corrected chi connectivity index (χ4v) is 2.36. The van der Waals surface area contributed by atoms with Crippen LogP contribution in [0.2, 0.25) is 0 Å². The zero-order chi connectivity index (χ0) is 15.6. The third kappa shape index (κ3) is 3.21. The molecule has 0 saturated heterocycles. The number of benzene rings is 2. The number of hydrogen-bond acceptors (Lipinski definition) is 2. The van der Waals surface area contributed by atoms with Gasteiger partial charge in [-0.05, 0) is 29.3 Å². The molecule has 2 heteroatoms. The van der Waals surface area contributed by atoms with Crippen LogP contribution in [0.15, 0.2) is 36.4 Å². The molecule has 0 radical (unpaired) electrons. The molecule has 0 aliphatic heterocycles. The predicted octanol–water partition coefficient (Wildman–Crippen LogP) is 4.91.